The Bertz CT molecular complexity index is 614. The van der Waals surface area contributed by atoms with E-state index < -0.39 is 0 Å². The van der Waals surface area contributed by atoms with E-state index in [1.54, 1.807) is 12.1 Å². The van der Waals surface area contributed by atoms with Crippen LogP contribution in [0.2, 0.25) is 0 Å². The van der Waals surface area contributed by atoms with Crippen molar-refractivity contribution in [2.75, 3.05) is 5.32 Å². The predicted molar refractivity (Wildman–Crippen MR) is 85.4 cm³/mol. The van der Waals surface area contributed by atoms with E-state index >= 15 is 0 Å². The van der Waals surface area contributed by atoms with E-state index in [1.807, 2.05) is 30.3 Å². The Morgan fingerprint density at radius 3 is 2.35 bits per heavy atom. The number of nitrogens with one attached hydrogen (secondary N) is 2. The normalized spacial score (nSPS) is 11.2. The number of hydrogen-bond donors (Lipinski definition) is 2. The van der Waals surface area contributed by atoms with Gasteiger partial charge in [-0.25, -0.2) is 0 Å². The Morgan fingerprint density at radius 2 is 1.75 bits per heavy atom. The number of anilines is 1. The average Bonchev–Trinajstić information content (AvgIpc) is 2.49. The maximum Gasteiger partial charge on any atom is 0.171 e. The molecule has 0 aliphatic heterocycles. The molecule has 2 N–H and O–H groups in total. The number of rotatable bonds is 3. The van der Waals surface area contributed by atoms with Crippen LogP contribution >= 0.6 is 12.2 Å². The summed E-state index contributed by atoms with van der Waals surface area (Å²) in [7, 11) is 0. The smallest absolute Gasteiger partial charge is 0.171 e. The van der Waals surface area contributed by atoms with Crippen molar-refractivity contribution in [1.29, 1.82) is 5.26 Å². The first-order valence-electron chi connectivity index (χ1n) is 6.31. The summed E-state index contributed by atoms with van der Waals surface area (Å²) in [6.45, 7) is 2.06. The van der Waals surface area contributed by atoms with E-state index in [0.29, 0.717) is 10.7 Å². The van der Waals surface area contributed by atoms with Crippen LogP contribution in [0, 0.1) is 11.3 Å². The van der Waals surface area contributed by atoms with E-state index in [0.717, 1.165) is 5.69 Å². The SMILES string of the molecule is C[C@H](NC(=S)Nc1ccc(C#N)cc1)c1ccccc1. The Balaban J connectivity index is 1.93. The first kappa shape index (κ1) is 14.0. The van der Waals surface area contributed by atoms with Crippen LogP contribution in [-0.2, 0) is 0 Å². The van der Waals surface area contributed by atoms with Gasteiger partial charge in [0.1, 0.15) is 0 Å². The average molecular weight is 281 g/mol. The molecule has 0 fully saturated rings. The highest BCUT2D eigenvalue weighted by atomic mass is 32.1. The van der Waals surface area contributed by atoms with Gasteiger partial charge >= 0.3 is 0 Å². The van der Waals surface area contributed by atoms with E-state index in [2.05, 4.69) is 35.8 Å². The van der Waals surface area contributed by atoms with Crippen LogP contribution in [0.5, 0.6) is 0 Å². The molecule has 3 nitrogen and oxygen atoms in total. The fraction of sp³-hybridized carbons (Fsp3) is 0.125. The topological polar surface area (TPSA) is 47.8 Å². The minimum absolute atomic E-state index is 0.134. The molecule has 0 unspecified atom stereocenters. The summed E-state index contributed by atoms with van der Waals surface area (Å²) in [5, 5.41) is 15.6. The molecular weight excluding hydrogens is 266 g/mol. The Kier molecular flexibility index (Phi) is 4.70. The molecule has 0 bridgehead atoms. The first-order chi connectivity index (χ1) is 9.69. The minimum atomic E-state index is 0.134. The van der Waals surface area contributed by atoms with Crippen molar-refractivity contribution in [2.24, 2.45) is 0 Å². The molecule has 0 aromatic heterocycles. The number of thiocarbonyl (C=S) groups is 1. The molecule has 0 saturated heterocycles. The molecule has 0 radical (unpaired) electrons. The maximum absolute atomic E-state index is 8.75. The van der Waals surface area contributed by atoms with Crippen molar-refractivity contribution in [1.82, 2.24) is 5.32 Å². The molecule has 2 rings (SSSR count). The first-order valence-corrected chi connectivity index (χ1v) is 6.72. The van der Waals surface area contributed by atoms with Crippen molar-refractivity contribution in [3.05, 3.63) is 65.7 Å². The van der Waals surface area contributed by atoms with E-state index in [-0.39, 0.29) is 6.04 Å². The van der Waals surface area contributed by atoms with E-state index in [9.17, 15) is 0 Å². The molecular formula is C16H15N3S. The molecule has 4 heteroatoms. The number of hydrogen-bond acceptors (Lipinski definition) is 2. The van der Waals surface area contributed by atoms with Gasteiger partial charge in [-0.05, 0) is 49.0 Å². The molecule has 1 atom stereocenters. The quantitative estimate of drug-likeness (QED) is 0.844. The minimum Gasteiger partial charge on any atom is -0.356 e. The highest BCUT2D eigenvalue weighted by Crippen LogP contribution is 2.12. The third-order valence-corrected chi connectivity index (χ3v) is 3.14. The highest BCUT2D eigenvalue weighted by Gasteiger charge is 2.06. The van der Waals surface area contributed by atoms with Gasteiger partial charge in [0.05, 0.1) is 17.7 Å². The van der Waals surface area contributed by atoms with Gasteiger partial charge in [-0.1, -0.05) is 30.3 Å². The lowest BCUT2D eigenvalue weighted by molar-refractivity contribution is 0.722. The summed E-state index contributed by atoms with van der Waals surface area (Å²) in [5.74, 6) is 0. The molecule has 0 amide bonds. The lowest BCUT2D eigenvalue weighted by Crippen LogP contribution is -2.30. The summed E-state index contributed by atoms with van der Waals surface area (Å²) >= 11 is 5.29. The van der Waals surface area contributed by atoms with Crippen LogP contribution < -0.4 is 10.6 Å². The number of nitriles is 1. The molecule has 0 heterocycles. The van der Waals surface area contributed by atoms with E-state index in [4.69, 9.17) is 17.5 Å². The monoisotopic (exact) mass is 281 g/mol. The van der Waals surface area contributed by atoms with Crippen LogP contribution in [0.15, 0.2) is 54.6 Å². The van der Waals surface area contributed by atoms with Crippen molar-refractivity contribution in [2.45, 2.75) is 13.0 Å². The van der Waals surface area contributed by atoms with Gasteiger partial charge in [-0.15, -0.1) is 0 Å². The van der Waals surface area contributed by atoms with Gasteiger partial charge in [0.2, 0.25) is 0 Å². The highest BCUT2D eigenvalue weighted by molar-refractivity contribution is 7.80. The van der Waals surface area contributed by atoms with Crippen LogP contribution in [0.25, 0.3) is 0 Å². The Hall–Kier alpha value is -2.38. The molecule has 2 aromatic carbocycles. The third-order valence-electron chi connectivity index (χ3n) is 2.92. The van der Waals surface area contributed by atoms with Crippen molar-refractivity contribution < 1.29 is 0 Å². The summed E-state index contributed by atoms with van der Waals surface area (Å²) < 4.78 is 0. The zero-order chi connectivity index (χ0) is 14.4. The molecule has 0 aliphatic carbocycles. The molecule has 100 valence electrons. The van der Waals surface area contributed by atoms with Crippen LogP contribution in [0.1, 0.15) is 24.1 Å². The summed E-state index contributed by atoms with van der Waals surface area (Å²) in [6, 6.07) is 19.5. The second-order valence-electron chi connectivity index (χ2n) is 4.42. The van der Waals surface area contributed by atoms with Gasteiger partial charge in [0.15, 0.2) is 5.11 Å². The van der Waals surface area contributed by atoms with E-state index in [1.165, 1.54) is 5.56 Å². The summed E-state index contributed by atoms with van der Waals surface area (Å²) in [4.78, 5) is 0. The molecule has 0 saturated carbocycles. The van der Waals surface area contributed by atoms with Crippen LogP contribution in [-0.4, -0.2) is 5.11 Å². The van der Waals surface area contributed by atoms with Crippen molar-refractivity contribution in [3.63, 3.8) is 0 Å². The zero-order valence-corrected chi connectivity index (χ0v) is 11.9. The van der Waals surface area contributed by atoms with Crippen molar-refractivity contribution in [3.8, 4) is 6.07 Å². The summed E-state index contributed by atoms with van der Waals surface area (Å²) in [6.07, 6.45) is 0. The Morgan fingerprint density at radius 1 is 1.10 bits per heavy atom. The molecule has 0 spiro atoms. The molecule has 2 aromatic rings. The number of nitrogens with zero attached hydrogens (tertiary/aromatic N) is 1. The zero-order valence-electron chi connectivity index (χ0n) is 11.1. The second kappa shape index (κ2) is 6.69. The lowest BCUT2D eigenvalue weighted by Gasteiger charge is -2.17. The lowest BCUT2D eigenvalue weighted by atomic mass is 10.1. The largest absolute Gasteiger partial charge is 0.356 e. The van der Waals surface area contributed by atoms with Gasteiger partial charge in [-0.3, -0.25) is 0 Å². The standard InChI is InChI=1S/C16H15N3S/c1-12(14-5-3-2-4-6-14)18-16(20)19-15-9-7-13(11-17)8-10-15/h2-10,12H,1H3,(H2,18,19,20)/t12-/m0/s1. The molecule has 20 heavy (non-hydrogen) atoms. The summed E-state index contributed by atoms with van der Waals surface area (Å²) in [5.41, 5.74) is 2.67. The third kappa shape index (κ3) is 3.81. The van der Waals surface area contributed by atoms with Gasteiger partial charge in [-0.2, -0.15) is 5.26 Å². The van der Waals surface area contributed by atoms with Gasteiger partial charge in [0.25, 0.3) is 0 Å². The Labute approximate surface area is 124 Å². The van der Waals surface area contributed by atoms with Crippen molar-refractivity contribution >= 4 is 23.0 Å². The van der Waals surface area contributed by atoms with Gasteiger partial charge < -0.3 is 10.6 Å². The maximum atomic E-state index is 8.75. The fourth-order valence-electron chi connectivity index (χ4n) is 1.82. The van der Waals surface area contributed by atoms with Gasteiger partial charge in [0, 0.05) is 5.69 Å². The second-order valence-corrected chi connectivity index (χ2v) is 4.83. The predicted octanol–water partition coefficient (Wildman–Crippen LogP) is 3.61. The van der Waals surface area contributed by atoms with Crippen LogP contribution in [0.4, 0.5) is 5.69 Å². The van der Waals surface area contributed by atoms with Crippen LogP contribution in [0.3, 0.4) is 0 Å². The molecule has 0 aliphatic rings. The fourth-order valence-corrected chi connectivity index (χ4v) is 2.11. The number of benzene rings is 2.